The minimum atomic E-state index is -3.68. The van der Waals surface area contributed by atoms with Crippen LogP contribution >= 0.6 is 0 Å². The van der Waals surface area contributed by atoms with Crippen LogP contribution in [0, 0.1) is 0 Å². The number of hydrogen-bond donors (Lipinski definition) is 2. The second-order valence-electron chi connectivity index (χ2n) is 6.88. The molecule has 0 aromatic heterocycles. The molecule has 0 saturated carbocycles. The fourth-order valence-corrected chi connectivity index (χ4v) is 3.47. The zero-order valence-electron chi connectivity index (χ0n) is 15.7. The topological polar surface area (TPSA) is 111 Å². The van der Waals surface area contributed by atoms with Gasteiger partial charge in [-0.3, -0.25) is 4.79 Å². The number of carbonyl (C=O) groups is 2. The van der Waals surface area contributed by atoms with Crippen molar-refractivity contribution < 1.29 is 27.5 Å². The standard InChI is InChI=1S/C17H26N2O6S/c1-12(10-24-5)18-15(20)11-25-16(21)13-6-8-14(9-7-13)26(22,23)19-17(2,3)4/h6-9,12,19H,10-11H2,1-5H3,(H,18,20). The van der Waals surface area contributed by atoms with E-state index >= 15 is 0 Å². The Morgan fingerprint density at radius 1 is 1.15 bits per heavy atom. The smallest absolute Gasteiger partial charge is 0.338 e. The normalized spacial score (nSPS) is 13.1. The molecule has 2 N–H and O–H groups in total. The second kappa shape index (κ2) is 9.11. The molecule has 0 bridgehead atoms. The highest BCUT2D eigenvalue weighted by atomic mass is 32.2. The Bertz CT molecular complexity index is 723. The van der Waals surface area contributed by atoms with Crippen molar-refractivity contribution in [1.82, 2.24) is 10.0 Å². The predicted octanol–water partition coefficient (Wildman–Crippen LogP) is 1.07. The van der Waals surface area contributed by atoms with Gasteiger partial charge in [-0.25, -0.2) is 17.9 Å². The van der Waals surface area contributed by atoms with Crippen molar-refractivity contribution in [3.8, 4) is 0 Å². The van der Waals surface area contributed by atoms with E-state index in [0.29, 0.717) is 6.61 Å². The lowest BCUT2D eigenvalue weighted by atomic mass is 10.1. The van der Waals surface area contributed by atoms with Crippen LogP contribution in [0.3, 0.4) is 0 Å². The molecule has 1 rings (SSSR count). The number of benzene rings is 1. The van der Waals surface area contributed by atoms with Crippen molar-refractivity contribution >= 4 is 21.9 Å². The molecule has 1 aromatic rings. The van der Waals surface area contributed by atoms with Crippen molar-refractivity contribution in [2.75, 3.05) is 20.3 Å². The summed E-state index contributed by atoms with van der Waals surface area (Å²) in [5.74, 6) is -1.16. The van der Waals surface area contributed by atoms with Gasteiger partial charge in [-0.15, -0.1) is 0 Å². The van der Waals surface area contributed by atoms with Crippen LogP contribution in [0.1, 0.15) is 38.1 Å². The molecule has 0 saturated heterocycles. The van der Waals surface area contributed by atoms with Crippen molar-refractivity contribution in [1.29, 1.82) is 0 Å². The molecule has 0 aliphatic carbocycles. The minimum absolute atomic E-state index is 0.0371. The summed E-state index contributed by atoms with van der Waals surface area (Å²) in [7, 11) is -2.17. The highest BCUT2D eigenvalue weighted by molar-refractivity contribution is 7.89. The maximum absolute atomic E-state index is 12.2. The fourth-order valence-electron chi connectivity index (χ4n) is 2.05. The molecular formula is C17H26N2O6S. The number of amides is 1. The molecule has 146 valence electrons. The molecule has 0 fully saturated rings. The first kappa shape index (κ1) is 22.1. The average molecular weight is 386 g/mol. The van der Waals surface area contributed by atoms with Crippen LogP contribution in [-0.2, 0) is 24.3 Å². The maximum atomic E-state index is 12.2. The number of hydrogen-bond acceptors (Lipinski definition) is 6. The number of sulfonamides is 1. The van der Waals surface area contributed by atoms with Crippen molar-refractivity contribution in [2.45, 2.75) is 44.2 Å². The summed E-state index contributed by atoms with van der Waals surface area (Å²) in [6.07, 6.45) is 0. The van der Waals surface area contributed by atoms with Gasteiger partial charge in [-0.05, 0) is 52.0 Å². The third-order valence-electron chi connectivity index (χ3n) is 3.00. The summed E-state index contributed by atoms with van der Waals surface area (Å²) < 4.78 is 36.8. The van der Waals surface area contributed by atoms with Gasteiger partial charge in [-0.2, -0.15) is 0 Å². The van der Waals surface area contributed by atoms with Gasteiger partial charge in [-0.1, -0.05) is 0 Å². The Morgan fingerprint density at radius 3 is 2.23 bits per heavy atom. The lowest BCUT2D eigenvalue weighted by molar-refractivity contribution is -0.125. The Labute approximate surface area is 154 Å². The number of rotatable bonds is 8. The zero-order valence-corrected chi connectivity index (χ0v) is 16.5. The van der Waals surface area contributed by atoms with E-state index < -0.39 is 34.0 Å². The van der Waals surface area contributed by atoms with E-state index in [1.165, 1.54) is 31.4 Å². The van der Waals surface area contributed by atoms with Crippen molar-refractivity contribution in [2.24, 2.45) is 0 Å². The third-order valence-corrected chi connectivity index (χ3v) is 4.77. The molecule has 26 heavy (non-hydrogen) atoms. The number of carbonyl (C=O) groups excluding carboxylic acids is 2. The first-order valence-electron chi connectivity index (χ1n) is 8.04. The molecule has 1 atom stereocenters. The van der Waals surface area contributed by atoms with Gasteiger partial charge in [0.15, 0.2) is 6.61 Å². The Kier molecular flexibility index (Phi) is 7.73. The van der Waals surface area contributed by atoms with Crippen molar-refractivity contribution in [3.05, 3.63) is 29.8 Å². The predicted molar refractivity (Wildman–Crippen MR) is 96.3 cm³/mol. The minimum Gasteiger partial charge on any atom is -0.452 e. The maximum Gasteiger partial charge on any atom is 0.338 e. The first-order valence-corrected chi connectivity index (χ1v) is 9.52. The molecule has 9 heteroatoms. The molecule has 0 spiro atoms. The van der Waals surface area contributed by atoms with Crippen LogP contribution in [0.25, 0.3) is 0 Å². The van der Waals surface area contributed by atoms with Gasteiger partial charge < -0.3 is 14.8 Å². The molecule has 1 unspecified atom stereocenters. The first-order chi connectivity index (χ1) is 11.9. The molecule has 0 radical (unpaired) electrons. The van der Waals surface area contributed by atoms with Crippen LogP contribution in [-0.4, -0.2) is 52.2 Å². The van der Waals surface area contributed by atoms with Crippen LogP contribution in [0.5, 0.6) is 0 Å². The number of ether oxygens (including phenoxy) is 2. The van der Waals surface area contributed by atoms with E-state index in [0.717, 1.165) is 0 Å². The van der Waals surface area contributed by atoms with Crippen LogP contribution < -0.4 is 10.0 Å². The van der Waals surface area contributed by atoms with Gasteiger partial charge in [0.25, 0.3) is 5.91 Å². The van der Waals surface area contributed by atoms with Crippen LogP contribution in [0.15, 0.2) is 29.2 Å². The van der Waals surface area contributed by atoms with E-state index in [4.69, 9.17) is 9.47 Å². The van der Waals surface area contributed by atoms with Gasteiger partial charge in [0.1, 0.15) is 0 Å². The highest BCUT2D eigenvalue weighted by Crippen LogP contribution is 2.14. The largest absolute Gasteiger partial charge is 0.452 e. The van der Waals surface area contributed by atoms with Gasteiger partial charge >= 0.3 is 5.97 Å². The summed E-state index contributed by atoms with van der Waals surface area (Å²) in [6.45, 7) is 6.86. The third kappa shape index (κ3) is 7.51. The summed E-state index contributed by atoms with van der Waals surface area (Å²) in [6, 6.07) is 5.10. The lowest BCUT2D eigenvalue weighted by Crippen LogP contribution is -2.40. The molecular weight excluding hydrogens is 360 g/mol. The summed E-state index contributed by atoms with van der Waals surface area (Å²) >= 11 is 0. The second-order valence-corrected chi connectivity index (χ2v) is 8.56. The summed E-state index contributed by atoms with van der Waals surface area (Å²) in [5.41, 5.74) is -0.471. The van der Waals surface area contributed by atoms with E-state index in [1.54, 1.807) is 27.7 Å². The SMILES string of the molecule is COCC(C)NC(=O)COC(=O)c1ccc(S(=O)(=O)NC(C)(C)C)cc1. The molecule has 0 aliphatic heterocycles. The van der Waals surface area contributed by atoms with Gasteiger partial charge in [0.05, 0.1) is 17.1 Å². The van der Waals surface area contributed by atoms with Crippen LogP contribution in [0.2, 0.25) is 0 Å². The van der Waals surface area contributed by atoms with E-state index in [1.807, 2.05) is 0 Å². The zero-order chi connectivity index (χ0) is 20.0. The highest BCUT2D eigenvalue weighted by Gasteiger charge is 2.22. The summed E-state index contributed by atoms with van der Waals surface area (Å²) in [4.78, 5) is 23.6. The molecule has 1 amide bonds. The van der Waals surface area contributed by atoms with Crippen LogP contribution in [0.4, 0.5) is 0 Å². The van der Waals surface area contributed by atoms with Crippen molar-refractivity contribution in [3.63, 3.8) is 0 Å². The summed E-state index contributed by atoms with van der Waals surface area (Å²) in [5, 5.41) is 2.61. The molecule has 0 heterocycles. The Balaban J connectivity index is 2.66. The number of methoxy groups -OCH3 is 1. The molecule has 0 aliphatic rings. The van der Waals surface area contributed by atoms with Gasteiger partial charge in [0.2, 0.25) is 10.0 Å². The lowest BCUT2D eigenvalue weighted by Gasteiger charge is -2.20. The Hall–Kier alpha value is -1.97. The van der Waals surface area contributed by atoms with E-state index in [-0.39, 0.29) is 16.5 Å². The number of esters is 1. The number of nitrogens with one attached hydrogen (secondary N) is 2. The monoisotopic (exact) mass is 386 g/mol. The van der Waals surface area contributed by atoms with Gasteiger partial charge in [0, 0.05) is 18.7 Å². The average Bonchev–Trinajstić information content (AvgIpc) is 2.50. The quantitative estimate of drug-likeness (QED) is 0.647. The molecule has 1 aromatic carbocycles. The van der Waals surface area contributed by atoms with E-state index in [9.17, 15) is 18.0 Å². The Morgan fingerprint density at radius 2 is 1.73 bits per heavy atom. The molecule has 8 nitrogen and oxygen atoms in total. The fraction of sp³-hybridized carbons (Fsp3) is 0.529. The van der Waals surface area contributed by atoms with E-state index in [2.05, 4.69) is 10.0 Å².